The smallest absolute Gasteiger partial charge is 0.304 e. The van der Waals surface area contributed by atoms with Gasteiger partial charge in [0.25, 0.3) is 6.47 Å². The van der Waals surface area contributed by atoms with Gasteiger partial charge in [-0.3, -0.25) is 19.2 Å². The predicted octanol–water partition coefficient (Wildman–Crippen LogP) is -0.522. The molecule has 0 spiro atoms. The topological polar surface area (TPSA) is 129 Å². The summed E-state index contributed by atoms with van der Waals surface area (Å²) in [7, 11) is 0. The maximum absolute atomic E-state index is 11.1. The molecule has 0 heterocycles. The fourth-order valence-electron chi connectivity index (χ4n) is 1.35. The molecular weight excluding hydrogens is 286 g/mol. The molecule has 0 aromatic heterocycles. The molecule has 0 saturated heterocycles. The van der Waals surface area contributed by atoms with E-state index < -0.39 is 42.8 Å². The Hall–Kier alpha value is -2.63. The number of carbonyl (C=O) groups is 4. The fourth-order valence-corrected chi connectivity index (χ4v) is 1.35. The second kappa shape index (κ2) is 9.30. The van der Waals surface area contributed by atoms with Crippen molar-refractivity contribution in [3.05, 3.63) is 0 Å². The minimum atomic E-state index is -1.52. The number of hydrogen-bond acceptors (Lipinski definition) is 9. The summed E-state index contributed by atoms with van der Waals surface area (Å²) in [5.74, 6) is -2.26. The molecule has 9 nitrogen and oxygen atoms in total. The van der Waals surface area contributed by atoms with Gasteiger partial charge in [-0.2, -0.15) is 5.26 Å². The molecule has 0 rings (SSSR count). The third kappa shape index (κ3) is 7.51. The van der Waals surface area contributed by atoms with E-state index in [0.29, 0.717) is 0 Å². The van der Waals surface area contributed by atoms with Crippen LogP contribution in [0.3, 0.4) is 0 Å². The van der Waals surface area contributed by atoms with Gasteiger partial charge in [-0.05, 0) is 0 Å². The Bertz CT molecular complexity index is 441. The highest BCUT2D eigenvalue weighted by molar-refractivity contribution is 5.68. The summed E-state index contributed by atoms with van der Waals surface area (Å²) in [4.78, 5) is 43.3. The van der Waals surface area contributed by atoms with Gasteiger partial charge in [0.1, 0.15) is 12.7 Å². The van der Waals surface area contributed by atoms with Gasteiger partial charge >= 0.3 is 17.9 Å². The Morgan fingerprint density at radius 3 is 2.05 bits per heavy atom. The van der Waals surface area contributed by atoms with Gasteiger partial charge in [-0.1, -0.05) is 0 Å². The number of nitrogens with zero attached hydrogens (tertiary/aromatic N) is 1. The second-order valence-electron chi connectivity index (χ2n) is 3.81. The molecule has 0 N–H and O–H groups in total. The van der Waals surface area contributed by atoms with E-state index in [4.69, 9.17) is 10.00 Å². The van der Waals surface area contributed by atoms with Crippen molar-refractivity contribution in [3.8, 4) is 6.07 Å². The normalized spacial score (nSPS) is 13.8. The molecule has 0 aromatic rings. The summed E-state index contributed by atoms with van der Waals surface area (Å²) in [5, 5.41) is 8.98. The molecule has 0 aliphatic rings. The third-order valence-electron chi connectivity index (χ3n) is 2.07. The van der Waals surface area contributed by atoms with Gasteiger partial charge in [-0.15, -0.1) is 0 Å². The Morgan fingerprint density at radius 1 is 1.10 bits per heavy atom. The summed E-state index contributed by atoms with van der Waals surface area (Å²) in [6.45, 7) is 2.79. The van der Waals surface area contributed by atoms with Gasteiger partial charge in [0.2, 0.25) is 6.10 Å². The Balaban J connectivity index is 5.22. The lowest BCUT2D eigenvalue weighted by molar-refractivity contribution is -0.180. The highest BCUT2D eigenvalue weighted by atomic mass is 16.6. The van der Waals surface area contributed by atoms with Crippen molar-refractivity contribution in [2.24, 2.45) is 0 Å². The van der Waals surface area contributed by atoms with Crippen LogP contribution >= 0.6 is 0 Å². The molecule has 0 fully saturated rings. The van der Waals surface area contributed by atoms with Crippen LogP contribution in [-0.4, -0.2) is 49.3 Å². The van der Waals surface area contributed by atoms with Gasteiger partial charge in [0, 0.05) is 20.8 Å². The van der Waals surface area contributed by atoms with E-state index in [-0.39, 0.29) is 6.47 Å². The van der Waals surface area contributed by atoms with Crippen molar-refractivity contribution >= 4 is 24.4 Å². The molecule has 3 atom stereocenters. The molecular formula is C12H15NO8. The van der Waals surface area contributed by atoms with Crippen LogP contribution in [0.5, 0.6) is 0 Å². The molecule has 0 amide bonds. The van der Waals surface area contributed by atoms with Crippen molar-refractivity contribution in [1.29, 1.82) is 5.26 Å². The largest absolute Gasteiger partial charge is 0.462 e. The lowest BCUT2D eigenvalue weighted by Crippen LogP contribution is -2.46. The lowest BCUT2D eigenvalue weighted by Gasteiger charge is -2.27. The maximum atomic E-state index is 11.1. The number of ether oxygens (including phenoxy) is 4. The summed E-state index contributed by atoms with van der Waals surface area (Å²) in [6.07, 6.45) is -4.24. The molecule has 21 heavy (non-hydrogen) atoms. The van der Waals surface area contributed by atoms with Crippen LogP contribution in [0.2, 0.25) is 0 Å². The lowest BCUT2D eigenvalue weighted by atomic mass is 10.1. The molecule has 9 heteroatoms. The first-order chi connectivity index (χ1) is 9.81. The first-order valence-corrected chi connectivity index (χ1v) is 5.78. The van der Waals surface area contributed by atoms with Crippen molar-refractivity contribution < 1.29 is 38.1 Å². The number of rotatable bonds is 8. The maximum Gasteiger partial charge on any atom is 0.304 e. The van der Waals surface area contributed by atoms with Gasteiger partial charge in [0.05, 0.1) is 0 Å². The molecule has 0 unspecified atom stereocenters. The van der Waals surface area contributed by atoms with E-state index in [0.717, 1.165) is 20.8 Å². The average Bonchev–Trinajstić information content (AvgIpc) is 2.38. The molecule has 0 radical (unpaired) electrons. The standard InChI is InChI=1S/C12H15NO8/c1-7(15)18-5-11(19-6-14)12(21-9(3)17)10(4-13)20-8(2)16/h6,10-12H,5H2,1-3H3/t10-,11-,12-/m1/s1. The summed E-state index contributed by atoms with van der Waals surface area (Å²) < 4.78 is 18.8. The van der Waals surface area contributed by atoms with E-state index >= 15 is 0 Å². The Morgan fingerprint density at radius 2 is 1.67 bits per heavy atom. The first kappa shape index (κ1) is 18.4. The number of carbonyl (C=O) groups excluding carboxylic acids is 4. The predicted molar refractivity (Wildman–Crippen MR) is 64.3 cm³/mol. The van der Waals surface area contributed by atoms with Crippen molar-refractivity contribution in [2.75, 3.05) is 6.61 Å². The van der Waals surface area contributed by atoms with E-state index in [2.05, 4.69) is 14.2 Å². The van der Waals surface area contributed by atoms with E-state index in [1.807, 2.05) is 0 Å². The zero-order valence-corrected chi connectivity index (χ0v) is 11.7. The number of hydrogen-bond donors (Lipinski definition) is 0. The quantitative estimate of drug-likeness (QED) is 0.330. The van der Waals surface area contributed by atoms with E-state index in [1.165, 1.54) is 0 Å². The minimum absolute atomic E-state index is 0.0346. The van der Waals surface area contributed by atoms with Crippen LogP contribution in [0, 0.1) is 11.3 Å². The van der Waals surface area contributed by atoms with Gasteiger partial charge in [0.15, 0.2) is 12.2 Å². The Kier molecular flexibility index (Phi) is 8.14. The van der Waals surface area contributed by atoms with Crippen LogP contribution in [0.4, 0.5) is 0 Å². The third-order valence-corrected chi connectivity index (χ3v) is 2.07. The average molecular weight is 301 g/mol. The fraction of sp³-hybridized carbons (Fsp3) is 0.583. The highest BCUT2D eigenvalue weighted by Gasteiger charge is 2.37. The van der Waals surface area contributed by atoms with Crippen LogP contribution < -0.4 is 0 Å². The van der Waals surface area contributed by atoms with Gasteiger partial charge in [-0.25, -0.2) is 0 Å². The molecule has 116 valence electrons. The van der Waals surface area contributed by atoms with Gasteiger partial charge < -0.3 is 18.9 Å². The van der Waals surface area contributed by atoms with Crippen molar-refractivity contribution in [3.63, 3.8) is 0 Å². The van der Waals surface area contributed by atoms with Crippen molar-refractivity contribution in [2.45, 2.75) is 39.1 Å². The molecule has 0 aromatic carbocycles. The first-order valence-electron chi connectivity index (χ1n) is 5.78. The minimum Gasteiger partial charge on any atom is -0.462 e. The summed E-state index contributed by atoms with van der Waals surface area (Å²) in [6, 6.07) is 1.61. The number of esters is 3. The molecule has 0 saturated carbocycles. The zero-order chi connectivity index (χ0) is 16.4. The summed E-state index contributed by atoms with van der Waals surface area (Å²) >= 11 is 0. The van der Waals surface area contributed by atoms with Crippen LogP contribution in [0.15, 0.2) is 0 Å². The molecule has 0 aliphatic carbocycles. The second-order valence-corrected chi connectivity index (χ2v) is 3.81. The molecule has 0 aliphatic heterocycles. The Labute approximate surface area is 120 Å². The van der Waals surface area contributed by atoms with E-state index in [9.17, 15) is 19.2 Å². The van der Waals surface area contributed by atoms with Crippen LogP contribution in [-0.2, 0) is 38.1 Å². The SMILES string of the molecule is CC(=O)OC[C@@H](OC=O)[C@H](OC(C)=O)[C@@H](C#N)OC(C)=O. The monoisotopic (exact) mass is 301 g/mol. The van der Waals surface area contributed by atoms with Crippen LogP contribution in [0.25, 0.3) is 0 Å². The zero-order valence-electron chi connectivity index (χ0n) is 11.7. The van der Waals surface area contributed by atoms with Crippen LogP contribution in [0.1, 0.15) is 20.8 Å². The number of nitriles is 1. The highest BCUT2D eigenvalue weighted by Crippen LogP contribution is 2.13. The van der Waals surface area contributed by atoms with E-state index in [1.54, 1.807) is 6.07 Å². The van der Waals surface area contributed by atoms with Crippen molar-refractivity contribution in [1.82, 2.24) is 0 Å². The summed E-state index contributed by atoms with van der Waals surface area (Å²) in [5.41, 5.74) is 0. The molecule has 0 bridgehead atoms.